The van der Waals surface area contributed by atoms with Crippen LogP contribution in [-0.2, 0) is 0 Å². The Labute approximate surface area is 101 Å². The molecular weight excluding hydrogens is 217 g/mol. The van der Waals surface area contributed by atoms with E-state index in [1.165, 1.54) is 6.07 Å². The average molecular weight is 235 g/mol. The summed E-state index contributed by atoms with van der Waals surface area (Å²) in [5, 5.41) is 9.71. The molecule has 2 nitrogen and oxygen atoms in total. The Morgan fingerprint density at radius 3 is 2.82 bits per heavy atom. The van der Waals surface area contributed by atoms with Crippen molar-refractivity contribution in [1.82, 2.24) is 0 Å². The van der Waals surface area contributed by atoms with Crippen LogP contribution in [0.5, 0.6) is 0 Å². The van der Waals surface area contributed by atoms with Crippen LogP contribution in [0, 0.1) is 5.82 Å². The third kappa shape index (κ3) is 2.50. The van der Waals surface area contributed by atoms with E-state index in [1.54, 1.807) is 13.0 Å². The molecule has 0 saturated heterocycles. The van der Waals surface area contributed by atoms with Crippen LogP contribution in [0.1, 0.15) is 31.4 Å². The molecule has 92 valence electrons. The summed E-state index contributed by atoms with van der Waals surface area (Å²) >= 11 is 0. The zero-order chi connectivity index (χ0) is 12.4. The van der Waals surface area contributed by atoms with Crippen molar-refractivity contribution in [2.24, 2.45) is 0 Å². The lowest BCUT2D eigenvalue weighted by atomic mass is 10.1. The summed E-state index contributed by atoms with van der Waals surface area (Å²) in [5.74, 6) is -0.341. The van der Waals surface area contributed by atoms with Crippen LogP contribution in [0.2, 0.25) is 0 Å². The van der Waals surface area contributed by atoms with Gasteiger partial charge in [-0.05, 0) is 31.9 Å². The van der Waals surface area contributed by atoms with E-state index >= 15 is 0 Å². The standard InChI is InChI=1S/C14H18FNO/c1-3-9-16(11-7-8-11)13-6-4-5-12(15)14(13)10(2)17/h3-6,10-11,17H,1,7-9H2,2H3/t10-/m0/s1. The van der Waals surface area contributed by atoms with Crippen LogP contribution in [-0.4, -0.2) is 17.7 Å². The molecule has 0 heterocycles. The van der Waals surface area contributed by atoms with Gasteiger partial charge in [0.15, 0.2) is 0 Å². The van der Waals surface area contributed by atoms with Crippen molar-refractivity contribution in [3.05, 3.63) is 42.2 Å². The molecule has 0 bridgehead atoms. The lowest BCUT2D eigenvalue weighted by molar-refractivity contribution is 0.194. The van der Waals surface area contributed by atoms with E-state index in [0.29, 0.717) is 18.2 Å². The number of aliphatic hydroxyl groups is 1. The van der Waals surface area contributed by atoms with Gasteiger partial charge < -0.3 is 10.0 Å². The molecular formula is C14H18FNO. The highest BCUT2D eigenvalue weighted by molar-refractivity contribution is 5.57. The molecule has 1 saturated carbocycles. The molecule has 1 atom stereocenters. The quantitative estimate of drug-likeness (QED) is 0.793. The van der Waals surface area contributed by atoms with E-state index in [0.717, 1.165) is 18.5 Å². The second-order valence-electron chi connectivity index (χ2n) is 4.52. The number of aliphatic hydroxyl groups excluding tert-OH is 1. The van der Waals surface area contributed by atoms with Gasteiger partial charge in [-0.15, -0.1) is 6.58 Å². The molecule has 1 aromatic rings. The van der Waals surface area contributed by atoms with Crippen LogP contribution in [0.4, 0.5) is 10.1 Å². The van der Waals surface area contributed by atoms with Gasteiger partial charge in [-0.2, -0.15) is 0 Å². The summed E-state index contributed by atoms with van der Waals surface area (Å²) in [5.41, 5.74) is 1.18. The summed E-state index contributed by atoms with van der Waals surface area (Å²) < 4.78 is 13.8. The van der Waals surface area contributed by atoms with Crippen molar-refractivity contribution in [2.45, 2.75) is 31.9 Å². The fourth-order valence-corrected chi connectivity index (χ4v) is 2.16. The Morgan fingerprint density at radius 1 is 1.59 bits per heavy atom. The van der Waals surface area contributed by atoms with Gasteiger partial charge in [0.2, 0.25) is 0 Å². The summed E-state index contributed by atoms with van der Waals surface area (Å²) in [6.07, 6.45) is 3.28. The van der Waals surface area contributed by atoms with Gasteiger partial charge in [0.05, 0.1) is 6.10 Å². The predicted molar refractivity (Wildman–Crippen MR) is 67.6 cm³/mol. The Bertz CT molecular complexity index is 413. The maximum atomic E-state index is 13.8. The molecule has 0 spiro atoms. The van der Waals surface area contributed by atoms with Crippen molar-refractivity contribution in [1.29, 1.82) is 0 Å². The first-order valence-corrected chi connectivity index (χ1v) is 5.99. The summed E-state index contributed by atoms with van der Waals surface area (Å²) in [6.45, 7) is 6.02. The van der Waals surface area contributed by atoms with Gasteiger partial charge in [-0.25, -0.2) is 4.39 Å². The molecule has 0 unspecified atom stereocenters. The van der Waals surface area contributed by atoms with E-state index in [1.807, 2.05) is 12.1 Å². The van der Waals surface area contributed by atoms with E-state index in [-0.39, 0.29) is 5.82 Å². The highest BCUT2D eigenvalue weighted by Gasteiger charge is 2.30. The molecule has 0 aromatic heterocycles. The van der Waals surface area contributed by atoms with Gasteiger partial charge in [-0.3, -0.25) is 0 Å². The minimum absolute atomic E-state index is 0.341. The third-order valence-electron chi connectivity index (χ3n) is 3.07. The third-order valence-corrected chi connectivity index (χ3v) is 3.07. The largest absolute Gasteiger partial charge is 0.389 e. The highest BCUT2D eigenvalue weighted by atomic mass is 19.1. The molecule has 1 N–H and O–H groups in total. The van der Waals surface area contributed by atoms with Gasteiger partial charge >= 0.3 is 0 Å². The van der Waals surface area contributed by atoms with Crippen molar-refractivity contribution in [3.8, 4) is 0 Å². The van der Waals surface area contributed by atoms with Gasteiger partial charge in [0.1, 0.15) is 5.82 Å². The van der Waals surface area contributed by atoms with Crippen molar-refractivity contribution >= 4 is 5.69 Å². The van der Waals surface area contributed by atoms with Crippen molar-refractivity contribution < 1.29 is 9.50 Å². The SMILES string of the molecule is C=CCN(c1cccc(F)c1[C@H](C)O)C1CC1. The minimum atomic E-state index is -0.794. The lowest BCUT2D eigenvalue weighted by Crippen LogP contribution is -2.27. The van der Waals surface area contributed by atoms with E-state index in [9.17, 15) is 9.50 Å². The minimum Gasteiger partial charge on any atom is -0.389 e. The number of benzene rings is 1. The zero-order valence-electron chi connectivity index (χ0n) is 10.1. The van der Waals surface area contributed by atoms with Crippen molar-refractivity contribution in [3.63, 3.8) is 0 Å². The monoisotopic (exact) mass is 235 g/mol. The number of hydrogen-bond donors (Lipinski definition) is 1. The van der Waals surface area contributed by atoms with Crippen LogP contribution in [0.25, 0.3) is 0 Å². The maximum absolute atomic E-state index is 13.8. The summed E-state index contributed by atoms with van der Waals surface area (Å²) in [7, 11) is 0. The zero-order valence-corrected chi connectivity index (χ0v) is 10.1. The number of halogens is 1. The van der Waals surface area contributed by atoms with Gasteiger partial charge in [-0.1, -0.05) is 12.1 Å². The molecule has 0 aliphatic heterocycles. The fraction of sp³-hybridized carbons (Fsp3) is 0.429. The second-order valence-corrected chi connectivity index (χ2v) is 4.52. The fourth-order valence-electron chi connectivity index (χ4n) is 2.16. The van der Waals surface area contributed by atoms with Crippen LogP contribution in [0.3, 0.4) is 0 Å². The Morgan fingerprint density at radius 2 is 2.29 bits per heavy atom. The van der Waals surface area contributed by atoms with Crippen LogP contribution in [0.15, 0.2) is 30.9 Å². The number of anilines is 1. The predicted octanol–water partition coefficient (Wildman–Crippen LogP) is 3.03. The first kappa shape index (κ1) is 12.1. The summed E-state index contributed by atoms with van der Waals surface area (Å²) in [4.78, 5) is 2.12. The van der Waals surface area contributed by atoms with Crippen LogP contribution < -0.4 is 4.90 Å². The molecule has 1 fully saturated rings. The molecule has 1 aliphatic rings. The topological polar surface area (TPSA) is 23.5 Å². The van der Waals surface area contributed by atoms with Gasteiger partial charge in [0, 0.05) is 23.8 Å². The van der Waals surface area contributed by atoms with Crippen molar-refractivity contribution in [2.75, 3.05) is 11.4 Å². The maximum Gasteiger partial charge on any atom is 0.131 e. The molecule has 0 amide bonds. The Balaban J connectivity index is 2.41. The molecule has 17 heavy (non-hydrogen) atoms. The lowest BCUT2D eigenvalue weighted by Gasteiger charge is -2.27. The first-order valence-electron chi connectivity index (χ1n) is 5.99. The van der Waals surface area contributed by atoms with E-state index < -0.39 is 6.10 Å². The molecule has 1 aliphatic carbocycles. The smallest absolute Gasteiger partial charge is 0.131 e. The highest BCUT2D eigenvalue weighted by Crippen LogP contribution is 2.36. The Kier molecular flexibility index (Phi) is 3.48. The molecule has 1 aromatic carbocycles. The number of hydrogen-bond acceptors (Lipinski definition) is 2. The first-order chi connectivity index (χ1) is 8.15. The van der Waals surface area contributed by atoms with E-state index in [4.69, 9.17) is 0 Å². The number of rotatable bonds is 5. The normalized spacial score (nSPS) is 16.6. The Hall–Kier alpha value is -1.35. The van der Waals surface area contributed by atoms with Crippen LogP contribution >= 0.6 is 0 Å². The van der Waals surface area contributed by atoms with E-state index in [2.05, 4.69) is 11.5 Å². The average Bonchev–Trinajstić information content (AvgIpc) is 3.08. The molecule has 2 rings (SSSR count). The van der Waals surface area contributed by atoms with Gasteiger partial charge in [0.25, 0.3) is 0 Å². The molecule has 3 heteroatoms. The summed E-state index contributed by atoms with van der Waals surface area (Å²) in [6, 6.07) is 5.42. The second kappa shape index (κ2) is 4.88. The molecule has 0 radical (unpaired) electrons. The number of nitrogens with zero attached hydrogens (tertiary/aromatic N) is 1.